The summed E-state index contributed by atoms with van der Waals surface area (Å²) in [6.45, 7) is 9.02. The van der Waals surface area contributed by atoms with Crippen LogP contribution in [-0.4, -0.2) is 24.3 Å². The Balaban J connectivity index is 1.92. The summed E-state index contributed by atoms with van der Waals surface area (Å²) in [5, 5.41) is 6.75. The van der Waals surface area contributed by atoms with Crippen LogP contribution in [0, 0.1) is 6.92 Å². The molecule has 2 N–H and O–H groups in total. The van der Waals surface area contributed by atoms with Gasteiger partial charge in [-0.25, -0.2) is 0 Å². The second kappa shape index (κ2) is 11.4. The van der Waals surface area contributed by atoms with E-state index < -0.39 is 18.4 Å². The number of benzene rings is 2. The van der Waals surface area contributed by atoms with Gasteiger partial charge in [0.05, 0.1) is 0 Å². The number of aryl methyl sites for hydroxylation is 1. The molecule has 31 heavy (non-hydrogen) atoms. The van der Waals surface area contributed by atoms with Crippen LogP contribution in [-0.2, 0) is 0 Å². The zero-order chi connectivity index (χ0) is 22.3. The van der Waals surface area contributed by atoms with Crippen LogP contribution in [0.15, 0.2) is 42.5 Å². The predicted octanol–water partition coefficient (Wildman–Crippen LogP) is 6.91. The molecule has 168 valence electrons. The number of rotatable bonds is 11. The van der Waals surface area contributed by atoms with Gasteiger partial charge in [0, 0.05) is 0 Å². The Morgan fingerprint density at radius 3 is 1.94 bits per heavy atom. The molecule has 1 amide bonds. The fourth-order valence-electron chi connectivity index (χ4n) is 4.87. The third kappa shape index (κ3) is 5.85. The number of hydrogen-bond donors (Lipinski definition) is 2. The van der Waals surface area contributed by atoms with Crippen LogP contribution in [0.3, 0.4) is 0 Å². The number of unbranched alkanes of at least 4 members (excludes halogenated alkanes) is 3. The zero-order valence-electron chi connectivity index (χ0n) is 19.9. The molecule has 0 saturated carbocycles. The van der Waals surface area contributed by atoms with Crippen molar-refractivity contribution in [1.29, 1.82) is 0 Å². The van der Waals surface area contributed by atoms with Gasteiger partial charge in [-0.1, -0.05) is 0 Å². The van der Waals surface area contributed by atoms with Gasteiger partial charge >= 0.3 is 194 Å². The average Bonchev–Trinajstić information content (AvgIpc) is 2.79. The summed E-state index contributed by atoms with van der Waals surface area (Å²) in [4.78, 5) is 13.1. The van der Waals surface area contributed by atoms with Gasteiger partial charge in [0.15, 0.2) is 0 Å². The van der Waals surface area contributed by atoms with Crippen molar-refractivity contribution in [3.05, 3.63) is 59.2 Å². The van der Waals surface area contributed by atoms with Crippen LogP contribution in [0.4, 0.5) is 5.69 Å². The molecule has 0 aliphatic carbocycles. The first-order valence-electron chi connectivity index (χ1n) is 12.3. The third-order valence-electron chi connectivity index (χ3n) is 6.89. The second-order valence-electron chi connectivity index (χ2n) is 9.31. The number of anilines is 1. The molecule has 1 unspecified atom stereocenters. The molecule has 1 aliphatic heterocycles. The molecule has 1 atom stereocenters. The van der Waals surface area contributed by atoms with Crippen molar-refractivity contribution in [1.82, 2.24) is 5.32 Å². The second-order valence-corrected chi connectivity index (χ2v) is 22.6. The molecule has 4 heteroatoms. The van der Waals surface area contributed by atoms with E-state index in [0.29, 0.717) is 0 Å². The average molecular weight is 527 g/mol. The molecule has 2 aromatic carbocycles. The van der Waals surface area contributed by atoms with E-state index in [4.69, 9.17) is 0 Å². The summed E-state index contributed by atoms with van der Waals surface area (Å²) in [7, 11) is 0. The van der Waals surface area contributed by atoms with Crippen molar-refractivity contribution in [3.8, 4) is 0 Å². The molecule has 3 nitrogen and oxygen atoms in total. The first-order valence-corrected chi connectivity index (χ1v) is 19.8. The number of fused-ring (bicyclic) bond motifs is 1. The zero-order valence-corrected chi connectivity index (χ0v) is 22.7. The Kier molecular flexibility index (Phi) is 8.88. The van der Waals surface area contributed by atoms with Gasteiger partial charge in [0.25, 0.3) is 0 Å². The fourth-order valence-corrected chi connectivity index (χ4v) is 20.8. The van der Waals surface area contributed by atoms with Crippen molar-refractivity contribution in [2.45, 2.75) is 85.7 Å². The molecule has 1 heterocycles. The fraction of sp³-hybridized carbons (Fsp3) is 0.519. The Labute approximate surface area is 193 Å². The number of nitrogens with one attached hydrogen (secondary N) is 2. The van der Waals surface area contributed by atoms with E-state index in [0.717, 1.165) is 16.8 Å². The maximum atomic E-state index is 13.1. The summed E-state index contributed by atoms with van der Waals surface area (Å²) >= 11 is -2.54. The first-order chi connectivity index (χ1) is 15.0. The third-order valence-corrected chi connectivity index (χ3v) is 22.5. The Bertz CT molecular complexity index is 840. The Morgan fingerprint density at radius 2 is 1.39 bits per heavy atom. The minimum atomic E-state index is -2.54. The molecule has 0 saturated heterocycles. The van der Waals surface area contributed by atoms with Crippen LogP contribution >= 0.6 is 0 Å². The van der Waals surface area contributed by atoms with Crippen molar-refractivity contribution in [2.24, 2.45) is 0 Å². The topological polar surface area (TPSA) is 41.1 Å². The van der Waals surface area contributed by atoms with Gasteiger partial charge in [0.2, 0.25) is 0 Å². The first kappa shape index (κ1) is 24.2. The summed E-state index contributed by atoms with van der Waals surface area (Å²) < 4.78 is 5.83. The van der Waals surface area contributed by atoms with Crippen LogP contribution in [0.1, 0.15) is 86.9 Å². The van der Waals surface area contributed by atoms with Crippen LogP contribution in [0.5, 0.6) is 0 Å². The number of hydrogen-bond acceptors (Lipinski definition) is 2. The van der Waals surface area contributed by atoms with Gasteiger partial charge in [-0.05, 0) is 0 Å². The quantitative estimate of drug-likeness (QED) is 0.312. The van der Waals surface area contributed by atoms with Gasteiger partial charge in [-0.15, -0.1) is 0 Å². The van der Waals surface area contributed by atoms with Gasteiger partial charge < -0.3 is 0 Å². The minimum absolute atomic E-state index is 0.0582. The van der Waals surface area contributed by atoms with E-state index in [-0.39, 0.29) is 12.1 Å². The van der Waals surface area contributed by atoms with E-state index >= 15 is 0 Å². The Morgan fingerprint density at radius 1 is 0.806 bits per heavy atom. The normalized spacial score (nSPS) is 15.9. The summed E-state index contributed by atoms with van der Waals surface area (Å²) in [6, 6.07) is 15.2. The van der Waals surface area contributed by atoms with E-state index in [9.17, 15) is 4.79 Å². The summed E-state index contributed by atoms with van der Waals surface area (Å²) in [6.07, 6.45) is 7.63. The van der Waals surface area contributed by atoms with Crippen LogP contribution < -0.4 is 14.2 Å². The van der Waals surface area contributed by atoms with Crippen molar-refractivity contribution in [2.75, 3.05) is 5.32 Å². The van der Waals surface area contributed by atoms with Gasteiger partial charge in [-0.3, -0.25) is 0 Å². The molecule has 0 aromatic heterocycles. The number of carbonyl (C=O) groups is 1. The molecule has 0 radical (unpaired) electrons. The Hall–Kier alpha value is -1.49. The molecule has 0 bridgehead atoms. The van der Waals surface area contributed by atoms with Crippen LogP contribution in [0.2, 0.25) is 13.3 Å². The molecule has 0 fully saturated rings. The van der Waals surface area contributed by atoms with Crippen molar-refractivity contribution in [3.63, 3.8) is 0 Å². The standard InChI is InChI=1S/C15H13N2O.3C4H9.Sn/c1-10-6-8-11(9-7-10)14-16-13-5-3-2-4-12(13)15(18)17-14;3*1-3-4-2;/h3-9,14,16H,1H3,(H,17,18);3*1,3-4H2,2H3;. The molecule has 0 spiro atoms. The van der Waals surface area contributed by atoms with Gasteiger partial charge in [-0.2, -0.15) is 0 Å². The maximum absolute atomic E-state index is 13.1. The molecular formula is C27H40N2OSn. The van der Waals surface area contributed by atoms with Crippen LogP contribution in [0.25, 0.3) is 0 Å². The SMILES string of the molecule is CCC[CH2][Sn]([CH2]CCC)([CH2]CCC)[c]1ccc2c(c1)C(=O)NC(c1ccc(C)cc1)N2. The van der Waals surface area contributed by atoms with E-state index in [1.54, 1.807) is 3.58 Å². The van der Waals surface area contributed by atoms with Gasteiger partial charge in [0.1, 0.15) is 0 Å². The monoisotopic (exact) mass is 528 g/mol. The summed E-state index contributed by atoms with van der Waals surface area (Å²) in [5.41, 5.74) is 4.13. The number of amides is 1. The van der Waals surface area contributed by atoms with Crippen molar-refractivity contribution < 1.29 is 4.79 Å². The van der Waals surface area contributed by atoms with E-state index in [2.05, 4.69) is 80.8 Å². The molecular weight excluding hydrogens is 487 g/mol. The number of carbonyl (C=O) groups excluding carboxylic acids is 1. The molecule has 2 aromatic rings. The predicted molar refractivity (Wildman–Crippen MR) is 136 cm³/mol. The van der Waals surface area contributed by atoms with Crippen molar-refractivity contribution >= 4 is 33.6 Å². The van der Waals surface area contributed by atoms with E-state index in [1.165, 1.54) is 57.4 Å². The molecule has 3 rings (SSSR count). The molecule has 1 aliphatic rings. The van der Waals surface area contributed by atoms with E-state index in [1.807, 2.05) is 0 Å². The summed E-state index contributed by atoms with van der Waals surface area (Å²) in [5.74, 6) is 0.0582.